The fourth-order valence-electron chi connectivity index (χ4n) is 5.67. The van der Waals surface area contributed by atoms with E-state index in [2.05, 4.69) is 92.7 Å². The first-order valence-electron chi connectivity index (χ1n) is 15.9. The van der Waals surface area contributed by atoms with Gasteiger partial charge in [-0.25, -0.2) is 0 Å². The third-order valence-corrected chi connectivity index (χ3v) is 17.6. The van der Waals surface area contributed by atoms with Crippen molar-refractivity contribution in [3.8, 4) is 0 Å². The molecule has 1 fully saturated rings. The lowest BCUT2D eigenvalue weighted by atomic mass is 9.90. The van der Waals surface area contributed by atoms with Gasteiger partial charge in [0.25, 0.3) is 0 Å². The molecule has 1 saturated heterocycles. The molecule has 0 spiro atoms. The van der Waals surface area contributed by atoms with Crippen LogP contribution < -0.4 is 10.4 Å². The molecule has 1 aliphatic rings. The van der Waals surface area contributed by atoms with Crippen molar-refractivity contribution in [1.82, 2.24) is 0 Å². The van der Waals surface area contributed by atoms with Crippen molar-refractivity contribution in [2.45, 2.75) is 136 Å². The summed E-state index contributed by atoms with van der Waals surface area (Å²) in [5, 5.41) is 2.21. The van der Waals surface area contributed by atoms with E-state index in [-0.39, 0.29) is 29.3 Å². The van der Waals surface area contributed by atoms with E-state index in [0.29, 0.717) is 19.4 Å². The van der Waals surface area contributed by atoms with Crippen molar-refractivity contribution >= 4 is 33.2 Å². The number of benzene rings is 2. The fourth-order valence-corrected chi connectivity index (χ4v) is 10.9. The molecule has 2 aromatic rings. The van der Waals surface area contributed by atoms with Gasteiger partial charge in [-0.05, 0) is 88.8 Å². The Balaban J connectivity index is 2.04. The van der Waals surface area contributed by atoms with Crippen molar-refractivity contribution in [2.75, 3.05) is 6.61 Å². The highest BCUT2D eigenvalue weighted by Crippen LogP contribution is 2.45. The van der Waals surface area contributed by atoms with Crippen LogP contribution in [0.5, 0.6) is 0 Å². The number of rotatable bonds is 14. The Hall–Kier alpha value is -1.82. The molecule has 43 heavy (non-hydrogen) atoms. The number of hydrogen-bond donors (Lipinski definition) is 0. The van der Waals surface area contributed by atoms with E-state index in [4.69, 9.17) is 22.8 Å². The first-order chi connectivity index (χ1) is 19.9. The molecule has 1 aliphatic heterocycles. The van der Waals surface area contributed by atoms with Gasteiger partial charge in [0.1, 0.15) is 0 Å². The third kappa shape index (κ3) is 8.67. The molecular formula is C35H56O6Si2. The highest BCUT2D eigenvalue weighted by molar-refractivity contribution is 6.92. The molecule has 8 heteroatoms. The molecule has 4 atom stereocenters. The lowest BCUT2D eigenvalue weighted by Crippen LogP contribution is -2.69. The number of carbonyl (C=O) groups is 1. The summed E-state index contributed by atoms with van der Waals surface area (Å²) in [4.78, 5) is 11.6. The molecule has 0 N–H and O–H groups in total. The Bertz CT molecular complexity index is 1130. The first-order valence-corrected chi connectivity index (χ1v) is 20.6. The van der Waals surface area contributed by atoms with Gasteiger partial charge in [0.2, 0.25) is 0 Å². The van der Waals surface area contributed by atoms with Gasteiger partial charge in [0.05, 0.1) is 30.0 Å². The minimum atomic E-state index is -3.24. The van der Waals surface area contributed by atoms with Gasteiger partial charge in [0.15, 0.2) is 8.32 Å². The maximum absolute atomic E-state index is 11.6. The summed E-state index contributed by atoms with van der Waals surface area (Å²) in [6.07, 6.45) is 2.67. The van der Waals surface area contributed by atoms with Crippen LogP contribution in [0.25, 0.3) is 0 Å². The minimum absolute atomic E-state index is 0.0647. The lowest BCUT2D eigenvalue weighted by molar-refractivity contribution is -0.154. The molecule has 0 unspecified atom stereocenters. The molecule has 2 aromatic carbocycles. The summed E-state index contributed by atoms with van der Waals surface area (Å²) >= 11 is 0. The molecule has 6 nitrogen and oxygen atoms in total. The second-order valence-electron chi connectivity index (χ2n) is 14.4. The molecule has 1 heterocycles. The van der Waals surface area contributed by atoms with Gasteiger partial charge in [-0.3, -0.25) is 4.79 Å². The Morgan fingerprint density at radius 1 is 0.953 bits per heavy atom. The average molecular weight is 629 g/mol. The first kappa shape index (κ1) is 35.7. The van der Waals surface area contributed by atoms with Crippen molar-refractivity contribution in [2.24, 2.45) is 0 Å². The number of ether oxygens (including phenoxy) is 2. The molecule has 0 radical (unpaired) electrons. The minimum Gasteiger partial charge on any atom is -0.466 e. The van der Waals surface area contributed by atoms with Crippen LogP contribution in [0.4, 0.5) is 0 Å². The fraction of sp³-hybridized carbons (Fsp3) is 0.629. The normalized spacial score (nSPS) is 21.9. The van der Waals surface area contributed by atoms with Crippen LogP contribution >= 0.6 is 0 Å². The molecule has 0 aromatic heterocycles. The molecule has 0 aliphatic carbocycles. The van der Waals surface area contributed by atoms with Gasteiger partial charge >= 0.3 is 14.5 Å². The van der Waals surface area contributed by atoms with Crippen LogP contribution in [-0.4, -0.2) is 59.0 Å². The van der Waals surface area contributed by atoms with Crippen molar-refractivity contribution < 1.29 is 27.5 Å². The monoisotopic (exact) mass is 628 g/mol. The van der Waals surface area contributed by atoms with E-state index < -0.39 is 28.1 Å². The molecule has 240 valence electrons. The zero-order valence-electron chi connectivity index (χ0n) is 28.5. The van der Waals surface area contributed by atoms with E-state index in [1.54, 1.807) is 0 Å². The predicted octanol–water partition coefficient (Wildman–Crippen LogP) is 7.13. The zero-order chi connectivity index (χ0) is 32.1. The summed E-state index contributed by atoms with van der Waals surface area (Å²) in [7, 11) is -5.25. The Morgan fingerprint density at radius 3 is 1.95 bits per heavy atom. The topological polar surface area (TPSA) is 63.2 Å². The maximum Gasteiger partial charge on any atom is 0.407 e. The van der Waals surface area contributed by atoms with E-state index in [0.717, 1.165) is 23.2 Å². The summed E-state index contributed by atoms with van der Waals surface area (Å²) in [5.74, 6) is -0.274. The largest absolute Gasteiger partial charge is 0.466 e. The smallest absolute Gasteiger partial charge is 0.407 e. The number of esters is 1. The van der Waals surface area contributed by atoms with Crippen molar-refractivity contribution in [3.63, 3.8) is 0 Å². The van der Waals surface area contributed by atoms with Crippen LogP contribution in [-0.2, 0) is 27.5 Å². The molecule has 0 amide bonds. The van der Waals surface area contributed by atoms with Gasteiger partial charge in [-0.15, -0.1) is 0 Å². The molecule has 0 saturated carbocycles. The van der Waals surface area contributed by atoms with Gasteiger partial charge < -0.3 is 22.8 Å². The van der Waals surface area contributed by atoms with Crippen LogP contribution in [0.15, 0.2) is 60.7 Å². The number of carbonyl (C=O) groups excluding carboxylic acids is 1. The van der Waals surface area contributed by atoms with Gasteiger partial charge in [-0.1, -0.05) is 81.4 Å². The molecule has 3 rings (SSSR count). The van der Waals surface area contributed by atoms with Crippen molar-refractivity contribution in [1.29, 1.82) is 0 Å². The maximum atomic E-state index is 11.6. The predicted molar refractivity (Wildman–Crippen MR) is 180 cm³/mol. The highest BCUT2D eigenvalue weighted by Gasteiger charge is 2.55. The molecule has 0 bridgehead atoms. The summed E-state index contributed by atoms with van der Waals surface area (Å²) in [6.45, 7) is 23.8. The summed E-state index contributed by atoms with van der Waals surface area (Å²) < 4.78 is 33.8. The van der Waals surface area contributed by atoms with Crippen LogP contribution in [0.1, 0.15) is 88.0 Å². The quantitative estimate of drug-likeness (QED) is 0.126. The van der Waals surface area contributed by atoms with Crippen LogP contribution in [0.3, 0.4) is 0 Å². The SMILES string of the molecule is CC(=O)OCCC[C@](C)(O[Si](OC(C)C)(c1ccccc1)c1ccccc1)[C@H]1CC[C@@](C)([C@@H](C)O[Si](C)(C)C(C)(C)C)O1. The third-order valence-electron chi connectivity index (χ3n) is 9.34. The Kier molecular flexibility index (Phi) is 11.7. The second kappa shape index (κ2) is 14.1. The summed E-state index contributed by atoms with van der Waals surface area (Å²) in [6, 6.07) is 20.7. The molecular weight excluding hydrogens is 573 g/mol. The highest BCUT2D eigenvalue weighted by atomic mass is 28.4. The average Bonchev–Trinajstić information content (AvgIpc) is 3.35. The van der Waals surface area contributed by atoms with Gasteiger partial charge in [0, 0.05) is 13.0 Å². The van der Waals surface area contributed by atoms with E-state index >= 15 is 0 Å². The second-order valence-corrected chi connectivity index (χ2v) is 21.9. The van der Waals surface area contributed by atoms with Gasteiger partial charge in [-0.2, -0.15) is 0 Å². The summed E-state index contributed by atoms with van der Waals surface area (Å²) in [5.41, 5.74) is -1.18. The van der Waals surface area contributed by atoms with Crippen LogP contribution in [0, 0.1) is 0 Å². The van der Waals surface area contributed by atoms with E-state index in [1.165, 1.54) is 6.92 Å². The Labute approximate surface area is 263 Å². The number of hydrogen-bond acceptors (Lipinski definition) is 6. The van der Waals surface area contributed by atoms with Crippen LogP contribution in [0.2, 0.25) is 18.1 Å². The van der Waals surface area contributed by atoms with E-state index in [9.17, 15) is 4.79 Å². The van der Waals surface area contributed by atoms with Crippen molar-refractivity contribution in [3.05, 3.63) is 60.7 Å². The van der Waals surface area contributed by atoms with E-state index in [1.807, 2.05) is 36.4 Å². The standard InChI is InChI=1S/C35H56O6Si2/c1-27(2)39-43(30-19-14-12-15-20-30,31-21-16-13-17-22-31)41-35(9,24-18-26-37-29(4)36)32-23-25-34(8,38-32)28(3)40-42(10,11)33(5,6)7/h12-17,19-22,27-28,32H,18,23-26H2,1-11H3/t28-,32-,34+,35+/m1/s1. The lowest BCUT2D eigenvalue weighted by Gasteiger charge is -2.46. The zero-order valence-corrected chi connectivity index (χ0v) is 30.5. The Morgan fingerprint density at radius 2 is 1.49 bits per heavy atom.